The van der Waals surface area contributed by atoms with Crippen molar-refractivity contribution < 1.29 is 0 Å². The molecule has 0 amide bonds. The van der Waals surface area contributed by atoms with Crippen LogP contribution in [0.4, 0.5) is 0 Å². The van der Waals surface area contributed by atoms with Crippen molar-refractivity contribution >= 4 is 5.96 Å². The highest BCUT2D eigenvalue weighted by molar-refractivity contribution is 5.79. The summed E-state index contributed by atoms with van der Waals surface area (Å²) < 4.78 is 2.01. The van der Waals surface area contributed by atoms with Crippen LogP contribution in [0.3, 0.4) is 0 Å². The van der Waals surface area contributed by atoms with Gasteiger partial charge >= 0.3 is 0 Å². The molecule has 0 saturated carbocycles. The molecule has 1 aromatic carbocycles. The van der Waals surface area contributed by atoms with Gasteiger partial charge in [-0.05, 0) is 31.2 Å². The number of hydrogen-bond acceptors (Lipinski definition) is 2. The molecular weight excluding hydrogens is 322 g/mol. The monoisotopic (exact) mass is 355 g/mol. The van der Waals surface area contributed by atoms with Crippen LogP contribution in [0.2, 0.25) is 0 Å². The van der Waals surface area contributed by atoms with E-state index in [2.05, 4.69) is 72.7 Å². The minimum absolute atomic E-state index is 0.421. The fourth-order valence-electron chi connectivity index (χ4n) is 3.33. The lowest BCUT2D eigenvalue weighted by Crippen LogP contribution is -2.38. The Balaban J connectivity index is 1.96. The predicted molar refractivity (Wildman–Crippen MR) is 110 cm³/mol. The third-order valence-electron chi connectivity index (χ3n) is 4.87. The summed E-state index contributed by atoms with van der Waals surface area (Å²) in [4.78, 5) is 4.37. The molecule has 26 heavy (non-hydrogen) atoms. The number of benzene rings is 1. The average molecular weight is 356 g/mol. The molecule has 1 unspecified atom stereocenters. The minimum Gasteiger partial charge on any atom is -0.356 e. The summed E-state index contributed by atoms with van der Waals surface area (Å²) >= 11 is 0. The maximum absolute atomic E-state index is 4.64. The lowest BCUT2D eigenvalue weighted by Gasteiger charge is -2.17. The molecule has 0 aliphatic heterocycles. The number of rotatable bonds is 7. The number of aromatic nitrogens is 2. The first-order valence-corrected chi connectivity index (χ1v) is 9.54. The highest BCUT2D eigenvalue weighted by atomic mass is 15.3. The molecule has 0 spiro atoms. The highest BCUT2D eigenvalue weighted by Crippen LogP contribution is 2.16. The molecule has 0 radical (unpaired) electrons. The van der Waals surface area contributed by atoms with Crippen LogP contribution in [0.5, 0.6) is 0 Å². The molecule has 5 heteroatoms. The maximum atomic E-state index is 4.64. The molecule has 1 heterocycles. The van der Waals surface area contributed by atoms with Gasteiger partial charge in [-0.1, -0.05) is 50.6 Å². The Morgan fingerprint density at radius 2 is 2.00 bits per heavy atom. The zero-order chi connectivity index (χ0) is 19.1. The van der Waals surface area contributed by atoms with Gasteiger partial charge in [0.25, 0.3) is 0 Å². The summed E-state index contributed by atoms with van der Waals surface area (Å²) in [5, 5.41) is 11.5. The van der Waals surface area contributed by atoms with Crippen LogP contribution in [0.25, 0.3) is 0 Å². The first kappa shape index (κ1) is 20.0. The van der Waals surface area contributed by atoms with Crippen LogP contribution in [0, 0.1) is 6.92 Å². The van der Waals surface area contributed by atoms with Crippen molar-refractivity contribution in [3.8, 4) is 0 Å². The Bertz CT molecular complexity index is 745. The summed E-state index contributed by atoms with van der Waals surface area (Å²) in [6.07, 6.45) is 1.93. The topological polar surface area (TPSA) is 54.2 Å². The zero-order valence-corrected chi connectivity index (χ0v) is 17.1. The fourth-order valence-corrected chi connectivity index (χ4v) is 3.33. The smallest absolute Gasteiger partial charge is 0.191 e. The first-order valence-electron chi connectivity index (χ1n) is 9.54. The summed E-state index contributed by atoms with van der Waals surface area (Å²) in [7, 11) is 3.84. The van der Waals surface area contributed by atoms with E-state index in [0.29, 0.717) is 5.92 Å². The zero-order valence-electron chi connectivity index (χ0n) is 17.1. The summed E-state index contributed by atoms with van der Waals surface area (Å²) in [5.41, 5.74) is 6.40. The third-order valence-corrected chi connectivity index (χ3v) is 4.87. The Kier molecular flexibility index (Phi) is 7.25. The molecule has 0 aliphatic carbocycles. The van der Waals surface area contributed by atoms with Crippen LogP contribution in [0.15, 0.2) is 29.3 Å². The molecule has 0 saturated heterocycles. The van der Waals surface area contributed by atoms with Crippen molar-refractivity contribution in [3.63, 3.8) is 0 Å². The predicted octanol–water partition coefficient (Wildman–Crippen LogP) is 3.32. The summed E-state index contributed by atoms with van der Waals surface area (Å²) in [5.74, 6) is 1.25. The van der Waals surface area contributed by atoms with Crippen LogP contribution in [-0.4, -0.2) is 29.3 Å². The average Bonchev–Trinajstić information content (AvgIpc) is 2.96. The molecule has 0 fully saturated rings. The third kappa shape index (κ3) is 4.87. The molecule has 2 aromatic rings. The normalized spacial score (nSPS) is 12.9. The van der Waals surface area contributed by atoms with Gasteiger partial charge in [0.15, 0.2) is 5.96 Å². The molecule has 0 bridgehead atoms. The van der Waals surface area contributed by atoms with Gasteiger partial charge in [0.05, 0.1) is 5.69 Å². The molecule has 0 aliphatic rings. The summed E-state index contributed by atoms with van der Waals surface area (Å²) in [6, 6.07) is 8.69. The molecule has 1 aromatic heterocycles. The van der Waals surface area contributed by atoms with Crippen LogP contribution in [0.1, 0.15) is 54.8 Å². The van der Waals surface area contributed by atoms with Gasteiger partial charge in [0.2, 0.25) is 0 Å². The molecule has 2 rings (SSSR count). The second-order valence-electron chi connectivity index (χ2n) is 6.82. The van der Waals surface area contributed by atoms with Crippen LogP contribution in [-0.2, 0) is 26.4 Å². The standard InChI is InChI=1S/C21H33N5/c1-7-19-18(20(8-2)26(6)25-19)14-24-21(22-5)23-13-16(4)17-11-9-10-15(3)12-17/h9-12,16H,7-8,13-14H2,1-6H3,(H2,22,23,24). The van der Waals surface area contributed by atoms with Gasteiger partial charge in [0, 0.05) is 38.4 Å². The Labute approximate surface area is 157 Å². The molecule has 5 nitrogen and oxygen atoms in total. The second kappa shape index (κ2) is 9.41. The Morgan fingerprint density at radius 1 is 1.23 bits per heavy atom. The van der Waals surface area contributed by atoms with E-state index in [4.69, 9.17) is 0 Å². The van der Waals surface area contributed by atoms with E-state index in [1.54, 1.807) is 0 Å². The number of nitrogens with one attached hydrogen (secondary N) is 2. The Hall–Kier alpha value is -2.30. The van der Waals surface area contributed by atoms with Gasteiger partial charge in [-0.2, -0.15) is 5.10 Å². The van der Waals surface area contributed by atoms with Crippen LogP contribution >= 0.6 is 0 Å². The first-order chi connectivity index (χ1) is 12.5. The summed E-state index contributed by atoms with van der Waals surface area (Å²) in [6.45, 7) is 10.3. The largest absolute Gasteiger partial charge is 0.356 e. The second-order valence-corrected chi connectivity index (χ2v) is 6.82. The number of nitrogens with zero attached hydrogens (tertiary/aromatic N) is 3. The van der Waals surface area contributed by atoms with Crippen molar-refractivity contribution in [2.24, 2.45) is 12.0 Å². The minimum atomic E-state index is 0.421. The van der Waals surface area contributed by atoms with Crippen molar-refractivity contribution in [1.29, 1.82) is 0 Å². The van der Waals surface area contributed by atoms with E-state index >= 15 is 0 Å². The number of guanidine groups is 1. The van der Waals surface area contributed by atoms with Gasteiger partial charge in [0.1, 0.15) is 0 Å². The molecule has 1 atom stereocenters. The molecule has 142 valence electrons. The Morgan fingerprint density at radius 3 is 2.62 bits per heavy atom. The van der Waals surface area contributed by atoms with Gasteiger partial charge in [-0.15, -0.1) is 0 Å². The number of hydrogen-bond donors (Lipinski definition) is 2. The van der Waals surface area contributed by atoms with Gasteiger partial charge < -0.3 is 10.6 Å². The fraction of sp³-hybridized carbons (Fsp3) is 0.524. The van der Waals surface area contributed by atoms with Crippen molar-refractivity contribution in [3.05, 3.63) is 52.3 Å². The van der Waals surface area contributed by atoms with Crippen molar-refractivity contribution in [2.45, 2.75) is 53.0 Å². The van der Waals surface area contributed by atoms with Gasteiger partial charge in [-0.3, -0.25) is 9.67 Å². The number of aryl methyl sites for hydroxylation is 3. The lowest BCUT2D eigenvalue weighted by molar-refractivity contribution is 0.693. The van der Waals surface area contributed by atoms with Crippen molar-refractivity contribution in [2.75, 3.05) is 13.6 Å². The van der Waals surface area contributed by atoms with Gasteiger partial charge in [-0.25, -0.2) is 0 Å². The van der Waals surface area contributed by atoms with E-state index in [1.807, 2.05) is 18.8 Å². The van der Waals surface area contributed by atoms with Crippen molar-refractivity contribution in [1.82, 2.24) is 20.4 Å². The van der Waals surface area contributed by atoms with E-state index in [-0.39, 0.29) is 0 Å². The maximum Gasteiger partial charge on any atom is 0.191 e. The quantitative estimate of drug-likeness (QED) is 0.592. The molecular formula is C21H33N5. The number of aliphatic imine (C=N–C) groups is 1. The van der Waals surface area contributed by atoms with E-state index < -0.39 is 0 Å². The highest BCUT2D eigenvalue weighted by Gasteiger charge is 2.14. The lowest BCUT2D eigenvalue weighted by atomic mass is 9.99. The molecule has 2 N–H and O–H groups in total. The van der Waals surface area contributed by atoms with Crippen LogP contribution < -0.4 is 10.6 Å². The van der Waals surface area contributed by atoms with E-state index in [1.165, 1.54) is 28.1 Å². The van der Waals surface area contributed by atoms with E-state index in [9.17, 15) is 0 Å². The van der Waals surface area contributed by atoms with E-state index in [0.717, 1.165) is 31.9 Å². The SMILES string of the molecule is CCc1nn(C)c(CC)c1CNC(=NC)NCC(C)c1cccc(C)c1.